The summed E-state index contributed by atoms with van der Waals surface area (Å²) in [6.07, 6.45) is 0. The zero-order valence-electron chi connectivity index (χ0n) is 17.8. The Hall–Kier alpha value is -4.11. The maximum atomic E-state index is 13.6. The number of aromatic nitrogens is 2. The fraction of sp³-hybridized carbons (Fsp3) is 0.0800. The first-order valence-electron chi connectivity index (χ1n) is 10.2. The number of phenolic OH excluding ortho intramolecular Hbond substituents is 1. The fourth-order valence-electron chi connectivity index (χ4n) is 3.73. The third-order valence-electron chi connectivity index (χ3n) is 5.32. The van der Waals surface area contributed by atoms with Crippen molar-refractivity contribution in [1.29, 1.82) is 0 Å². The van der Waals surface area contributed by atoms with Crippen LogP contribution >= 0.6 is 11.8 Å². The first kappa shape index (κ1) is 21.7. The molecule has 5 aromatic rings. The number of aryl methyl sites for hydroxylation is 1. The van der Waals surface area contributed by atoms with E-state index in [0.29, 0.717) is 21.5 Å². The Kier molecular flexibility index (Phi) is 5.33. The van der Waals surface area contributed by atoms with Gasteiger partial charge in [0.15, 0.2) is 11.3 Å². The van der Waals surface area contributed by atoms with E-state index in [4.69, 9.17) is 4.42 Å². The van der Waals surface area contributed by atoms with Gasteiger partial charge in [-0.25, -0.2) is 14.2 Å². The molecular formula is C25H17FN2O5S. The molecule has 0 saturated heterocycles. The molecule has 0 aliphatic rings. The van der Waals surface area contributed by atoms with Crippen LogP contribution in [-0.4, -0.2) is 19.8 Å². The molecule has 9 heteroatoms. The number of rotatable bonds is 4. The molecule has 2 aromatic carbocycles. The number of fused-ring (bicyclic) bond motifs is 3. The lowest BCUT2D eigenvalue weighted by Gasteiger charge is -2.14. The Bertz CT molecular complexity index is 1690. The van der Waals surface area contributed by atoms with Crippen LogP contribution in [0.5, 0.6) is 11.5 Å². The van der Waals surface area contributed by atoms with Crippen molar-refractivity contribution in [2.24, 2.45) is 0 Å². The zero-order chi connectivity index (χ0) is 24.0. The summed E-state index contributed by atoms with van der Waals surface area (Å²) >= 11 is 0.876. The average Bonchev–Trinajstić information content (AvgIpc) is 2.80. The summed E-state index contributed by atoms with van der Waals surface area (Å²) in [7, 11) is 0. The van der Waals surface area contributed by atoms with Gasteiger partial charge in [-0.15, -0.1) is 0 Å². The maximum Gasteiger partial charge on any atom is 0.354 e. The Morgan fingerprint density at radius 2 is 1.82 bits per heavy atom. The number of hydrogen-bond donors (Lipinski definition) is 2. The van der Waals surface area contributed by atoms with Gasteiger partial charge in [-0.1, -0.05) is 30.0 Å². The Morgan fingerprint density at radius 3 is 2.56 bits per heavy atom. The van der Waals surface area contributed by atoms with E-state index < -0.39 is 22.8 Å². The number of halogens is 1. The molecule has 3 heterocycles. The molecule has 0 spiro atoms. The molecule has 34 heavy (non-hydrogen) atoms. The van der Waals surface area contributed by atoms with Crippen LogP contribution in [0, 0.1) is 12.7 Å². The molecule has 0 radical (unpaired) electrons. The summed E-state index contributed by atoms with van der Waals surface area (Å²) in [6, 6.07) is 15.2. The monoisotopic (exact) mass is 476 g/mol. The van der Waals surface area contributed by atoms with Crippen LogP contribution in [0.25, 0.3) is 22.0 Å². The van der Waals surface area contributed by atoms with E-state index in [1.807, 2.05) is 0 Å². The highest BCUT2D eigenvalue weighted by Crippen LogP contribution is 2.37. The average molecular weight is 476 g/mol. The number of hydrogen-bond acceptors (Lipinski definition) is 7. The van der Waals surface area contributed by atoms with Crippen molar-refractivity contribution in [3.05, 3.63) is 98.5 Å². The van der Waals surface area contributed by atoms with Gasteiger partial charge in [-0.05, 0) is 55.0 Å². The highest BCUT2D eigenvalue weighted by atomic mass is 32.2. The van der Waals surface area contributed by atoms with Crippen molar-refractivity contribution >= 4 is 33.8 Å². The van der Waals surface area contributed by atoms with Crippen LogP contribution in [0.3, 0.4) is 0 Å². The highest BCUT2D eigenvalue weighted by molar-refractivity contribution is 7.99. The van der Waals surface area contributed by atoms with Gasteiger partial charge in [0.2, 0.25) is 0 Å². The predicted octanol–water partition coefficient (Wildman–Crippen LogP) is 4.56. The molecule has 0 amide bonds. The lowest BCUT2D eigenvalue weighted by molar-refractivity contribution is 0.446. The van der Waals surface area contributed by atoms with E-state index in [1.165, 1.54) is 28.8 Å². The van der Waals surface area contributed by atoms with Crippen molar-refractivity contribution in [3.63, 3.8) is 0 Å². The number of nitrogens with zero attached hydrogens (tertiary/aromatic N) is 2. The van der Waals surface area contributed by atoms with Crippen molar-refractivity contribution in [1.82, 2.24) is 9.55 Å². The van der Waals surface area contributed by atoms with Crippen molar-refractivity contribution in [3.8, 4) is 11.5 Å². The summed E-state index contributed by atoms with van der Waals surface area (Å²) in [4.78, 5) is 31.2. The third-order valence-corrected chi connectivity index (χ3v) is 6.38. The van der Waals surface area contributed by atoms with Crippen LogP contribution in [-0.2, 0) is 6.54 Å². The minimum Gasteiger partial charge on any atom is -0.508 e. The Balaban J connectivity index is 1.79. The smallest absolute Gasteiger partial charge is 0.354 e. The van der Waals surface area contributed by atoms with Gasteiger partial charge in [0.1, 0.15) is 27.5 Å². The largest absolute Gasteiger partial charge is 0.508 e. The van der Waals surface area contributed by atoms with Crippen LogP contribution in [0.15, 0.2) is 84.5 Å². The second kappa shape index (κ2) is 8.35. The molecule has 7 nitrogen and oxygen atoms in total. The first-order chi connectivity index (χ1) is 16.3. The summed E-state index contributed by atoms with van der Waals surface area (Å²) in [5, 5.41) is 21.0. The van der Waals surface area contributed by atoms with Gasteiger partial charge < -0.3 is 14.6 Å². The molecule has 0 aliphatic carbocycles. The minimum atomic E-state index is -0.823. The van der Waals surface area contributed by atoms with Crippen molar-refractivity contribution in [2.45, 2.75) is 23.3 Å². The lowest BCUT2D eigenvalue weighted by atomic mass is 10.1. The molecule has 5 rings (SSSR count). The molecule has 0 atom stereocenters. The summed E-state index contributed by atoms with van der Waals surface area (Å²) in [6.45, 7) is 1.83. The number of phenols is 1. The van der Waals surface area contributed by atoms with Gasteiger partial charge in [-0.2, -0.15) is 0 Å². The van der Waals surface area contributed by atoms with Crippen molar-refractivity contribution < 1.29 is 19.0 Å². The molecule has 2 N–H and O–H groups in total. The first-order valence-corrected chi connectivity index (χ1v) is 11.0. The van der Waals surface area contributed by atoms with Gasteiger partial charge in [0.25, 0.3) is 5.56 Å². The molecule has 0 bridgehead atoms. The minimum absolute atomic E-state index is 0.0104. The van der Waals surface area contributed by atoms with E-state index in [0.717, 1.165) is 11.8 Å². The van der Waals surface area contributed by atoms with E-state index >= 15 is 0 Å². The third kappa shape index (κ3) is 3.80. The summed E-state index contributed by atoms with van der Waals surface area (Å²) in [5.41, 5.74) is 0.0728. The normalized spacial score (nSPS) is 11.4. The number of pyridine rings is 2. The molecule has 0 saturated carbocycles. The number of benzene rings is 2. The number of aromatic hydroxyl groups is 2. The van der Waals surface area contributed by atoms with E-state index in [-0.39, 0.29) is 33.8 Å². The van der Waals surface area contributed by atoms with Crippen LogP contribution in [0.1, 0.15) is 11.3 Å². The SMILES string of the molecule is Cc1ccc2c3oc(=O)c(Sc4cccc(O)c4)c(O)c3c(=O)n(Cc3ccc(F)cc3)c2n1. The van der Waals surface area contributed by atoms with Gasteiger partial charge in [0, 0.05) is 10.6 Å². The van der Waals surface area contributed by atoms with Crippen molar-refractivity contribution in [2.75, 3.05) is 0 Å². The second-order valence-electron chi connectivity index (χ2n) is 7.71. The van der Waals surface area contributed by atoms with E-state index in [1.54, 1.807) is 43.3 Å². The maximum absolute atomic E-state index is 13.6. The molecule has 0 unspecified atom stereocenters. The van der Waals surface area contributed by atoms with Gasteiger partial charge in [0.05, 0.1) is 11.9 Å². The molecular weight excluding hydrogens is 459 g/mol. The van der Waals surface area contributed by atoms with Crippen LogP contribution in [0.4, 0.5) is 4.39 Å². The van der Waals surface area contributed by atoms with E-state index in [2.05, 4.69) is 4.98 Å². The quantitative estimate of drug-likeness (QED) is 0.366. The molecule has 0 fully saturated rings. The second-order valence-corrected chi connectivity index (χ2v) is 8.80. The Morgan fingerprint density at radius 1 is 1.06 bits per heavy atom. The van der Waals surface area contributed by atoms with Crippen LogP contribution < -0.4 is 11.2 Å². The summed E-state index contributed by atoms with van der Waals surface area (Å²) in [5.74, 6) is -0.926. The van der Waals surface area contributed by atoms with Gasteiger partial charge in [-0.3, -0.25) is 9.36 Å². The van der Waals surface area contributed by atoms with Gasteiger partial charge >= 0.3 is 5.63 Å². The predicted molar refractivity (Wildman–Crippen MR) is 126 cm³/mol. The van der Waals surface area contributed by atoms with Crippen LogP contribution in [0.2, 0.25) is 0 Å². The highest BCUT2D eigenvalue weighted by Gasteiger charge is 2.23. The fourth-order valence-corrected chi connectivity index (χ4v) is 4.61. The standard InChI is InChI=1S/C25H17FN2O5S/c1-13-5-10-18-21-19(20(30)22(25(32)33-21)34-17-4-2-3-16(29)11-17)24(31)28(23(18)27-13)12-14-6-8-15(26)9-7-14/h2-11,29-30H,12H2,1H3. The molecule has 0 aliphatic heterocycles. The topological polar surface area (TPSA) is 106 Å². The van der Waals surface area contributed by atoms with E-state index in [9.17, 15) is 24.2 Å². The molecule has 3 aromatic heterocycles. The zero-order valence-corrected chi connectivity index (χ0v) is 18.6. The lowest BCUT2D eigenvalue weighted by Crippen LogP contribution is -2.23. The molecule has 170 valence electrons. The summed E-state index contributed by atoms with van der Waals surface area (Å²) < 4.78 is 20.3. The Labute approximate surface area is 195 Å².